The highest BCUT2D eigenvalue weighted by atomic mass is 32.2. The summed E-state index contributed by atoms with van der Waals surface area (Å²) >= 11 is 3.13. The van der Waals surface area contributed by atoms with Crippen molar-refractivity contribution in [2.24, 2.45) is 5.92 Å². The molecule has 2 atom stereocenters. The van der Waals surface area contributed by atoms with Gasteiger partial charge in [-0.05, 0) is 56.6 Å². The first-order chi connectivity index (χ1) is 12.1. The van der Waals surface area contributed by atoms with E-state index in [4.69, 9.17) is 4.42 Å². The van der Waals surface area contributed by atoms with Crippen LogP contribution in [0.25, 0.3) is 10.8 Å². The molecule has 3 heterocycles. The fraction of sp³-hybridized carbons (Fsp3) is 0.611. The van der Waals surface area contributed by atoms with Crippen LogP contribution >= 0.6 is 23.1 Å². The topological polar surface area (TPSA) is 59.2 Å². The molecule has 0 saturated carbocycles. The maximum absolute atomic E-state index is 12.4. The number of carbonyl (C=O) groups excluding carboxylic acids is 1. The Morgan fingerprint density at radius 1 is 1.40 bits per heavy atom. The van der Waals surface area contributed by atoms with E-state index < -0.39 is 0 Å². The Kier molecular flexibility index (Phi) is 4.86. The van der Waals surface area contributed by atoms with Crippen molar-refractivity contribution < 1.29 is 9.21 Å². The fourth-order valence-corrected chi connectivity index (χ4v) is 5.46. The molecule has 0 bridgehead atoms. The molecule has 134 valence electrons. The van der Waals surface area contributed by atoms with E-state index >= 15 is 0 Å². The van der Waals surface area contributed by atoms with Gasteiger partial charge in [0, 0.05) is 18.0 Å². The van der Waals surface area contributed by atoms with Gasteiger partial charge in [-0.15, -0.1) is 21.5 Å². The van der Waals surface area contributed by atoms with E-state index in [1.807, 2.05) is 11.8 Å². The minimum atomic E-state index is -0.191. The molecule has 2 aromatic rings. The minimum absolute atomic E-state index is 0.169. The largest absolute Gasteiger partial charge is 0.410 e. The molecule has 0 radical (unpaired) electrons. The zero-order valence-corrected chi connectivity index (χ0v) is 16.3. The summed E-state index contributed by atoms with van der Waals surface area (Å²) in [6.45, 7) is 5.97. The van der Waals surface area contributed by atoms with Gasteiger partial charge in [-0.3, -0.25) is 4.79 Å². The summed E-state index contributed by atoms with van der Waals surface area (Å²) in [7, 11) is 0. The van der Waals surface area contributed by atoms with E-state index in [9.17, 15) is 4.79 Å². The number of hydrogen-bond acceptors (Lipinski definition) is 6. The Balaban J connectivity index is 1.44. The summed E-state index contributed by atoms with van der Waals surface area (Å²) in [5.41, 5.74) is 1.43. The van der Waals surface area contributed by atoms with E-state index in [2.05, 4.69) is 23.2 Å². The number of aromatic nitrogens is 2. The first-order valence-corrected chi connectivity index (χ1v) is 10.7. The van der Waals surface area contributed by atoms with Gasteiger partial charge < -0.3 is 9.32 Å². The van der Waals surface area contributed by atoms with Crippen LogP contribution in [0.1, 0.15) is 43.6 Å². The molecule has 0 N–H and O–H groups in total. The number of hydrogen-bond donors (Lipinski definition) is 0. The second-order valence-electron chi connectivity index (χ2n) is 7.07. The SMILES string of the molecule is C[C@H]1CCc2sc(-c3nnc(S[C@H](C)C(=O)N4CCCC4)o3)cc2C1. The zero-order chi connectivity index (χ0) is 17.4. The smallest absolute Gasteiger partial charge is 0.277 e. The maximum atomic E-state index is 12.4. The van der Waals surface area contributed by atoms with Crippen LogP contribution in [0.5, 0.6) is 0 Å². The molecule has 1 aliphatic carbocycles. The van der Waals surface area contributed by atoms with Crippen LogP contribution in [0.2, 0.25) is 0 Å². The number of rotatable bonds is 4. The monoisotopic (exact) mass is 377 g/mol. The first-order valence-electron chi connectivity index (χ1n) is 9.01. The molecule has 0 unspecified atom stereocenters. The summed E-state index contributed by atoms with van der Waals surface area (Å²) in [5.74, 6) is 1.50. The third kappa shape index (κ3) is 3.62. The third-order valence-electron chi connectivity index (χ3n) is 4.99. The van der Waals surface area contributed by atoms with Gasteiger partial charge in [-0.25, -0.2) is 0 Å². The summed E-state index contributed by atoms with van der Waals surface area (Å²) in [4.78, 5) is 16.9. The summed E-state index contributed by atoms with van der Waals surface area (Å²) in [5, 5.41) is 8.64. The van der Waals surface area contributed by atoms with Crippen LogP contribution in [0.3, 0.4) is 0 Å². The molecule has 7 heteroatoms. The van der Waals surface area contributed by atoms with Gasteiger partial charge in [-0.1, -0.05) is 18.7 Å². The van der Waals surface area contributed by atoms with Crippen molar-refractivity contribution in [3.8, 4) is 10.8 Å². The van der Waals surface area contributed by atoms with Gasteiger partial charge >= 0.3 is 0 Å². The maximum Gasteiger partial charge on any atom is 0.277 e. The average Bonchev–Trinajstić information content (AvgIpc) is 3.33. The van der Waals surface area contributed by atoms with Gasteiger partial charge in [0.05, 0.1) is 10.1 Å². The van der Waals surface area contributed by atoms with Crippen LogP contribution in [-0.2, 0) is 17.6 Å². The van der Waals surface area contributed by atoms with Crippen molar-refractivity contribution in [3.63, 3.8) is 0 Å². The van der Waals surface area contributed by atoms with E-state index in [0.29, 0.717) is 11.1 Å². The predicted octanol–water partition coefficient (Wildman–Crippen LogP) is 4.03. The molecule has 1 aliphatic heterocycles. The molecule has 1 amide bonds. The average molecular weight is 378 g/mol. The molecule has 0 spiro atoms. The van der Waals surface area contributed by atoms with Gasteiger partial charge in [0.25, 0.3) is 11.1 Å². The van der Waals surface area contributed by atoms with Crippen molar-refractivity contribution in [1.29, 1.82) is 0 Å². The number of amides is 1. The van der Waals surface area contributed by atoms with Crippen molar-refractivity contribution in [3.05, 3.63) is 16.5 Å². The molecule has 25 heavy (non-hydrogen) atoms. The molecule has 4 rings (SSSR count). The van der Waals surface area contributed by atoms with Crippen LogP contribution < -0.4 is 0 Å². The lowest BCUT2D eigenvalue weighted by molar-refractivity contribution is -0.129. The minimum Gasteiger partial charge on any atom is -0.410 e. The van der Waals surface area contributed by atoms with Crippen molar-refractivity contribution in [2.45, 2.75) is 56.4 Å². The summed E-state index contributed by atoms with van der Waals surface area (Å²) in [6, 6.07) is 2.20. The molecule has 1 fully saturated rings. The highest BCUT2D eigenvalue weighted by molar-refractivity contribution is 8.00. The standard InChI is InChI=1S/C18H23N3O2S2/c1-11-5-6-14-13(9-11)10-15(25-14)16-19-20-18(23-16)24-12(2)17(22)21-7-3-4-8-21/h10-12H,3-9H2,1-2H3/t11-,12+/m0/s1. The Hall–Kier alpha value is -1.34. The molecule has 5 nitrogen and oxygen atoms in total. The van der Waals surface area contributed by atoms with Crippen molar-refractivity contribution in [1.82, 2.24) is 15.1 Å². The highest BCUT2D eigenvalue weighted by Gasteiger charge is 2.26. The number of aryl methyl sites for hydroxylation is 1. The Labute approximate surface area is 156 Å². The molecule has 2 aromatic heterocycles. The number of fused-ring (bicyclic) bond motifs is 1. The number of nitrogens with zero attached hydrogens (tertiary/aromatic N) is 3. The van der Waals surface area contributed by atoms with Crippen LogP contribution in [0, 0.1) is 5.92 Å². The predicted molar refractivity (Wildman–Crippen MR) is 99.9 cm³/mol. The normalized spacial score (nSPS) is 21.4. The number of likely N-dealkylation sites (tertiary alicyclic amines) is 1. The molecule has 1 saturated heterocycles. The number of thioether (sulfide) groups is 1. The van der Waals surface area contributed by atoms with Crippen molar-refractivity contribution in [2.75, 3.05) is 13.1 Å². The summed E-state index contributed by atoms with van der Waals surface area (Å²) < 4.78 is 5.84. The highest BCUT2D eigenvalue weighted by Crippen LogP contribution is 2.37. The second-order valence-corrected chi connectivity index (χ2v) is 9.50. The van der Waals surface area contributed by atoms with Gasteiger partial charge in [0.15, 0.2) is 0 Å². The molecule has 0 aromatic carbocycles. The van der Waals surface area contributed by atoms with Crippen LogP contribution in [0.4, 0.5) is 0 Å². The third-order valence-corrected chi connectivity index (χ3v) is 7.14. The van der Waals surface area contributed by atoms with Crippen LogP contribution in [0.15, 0.2) is 15.7 Å². The lowest BCUT2D eigenvalue weighted by atomic mass is 9.90. The number of carbonyl (C=O) groups is 1. The van der Waals surface area contributed by atoms with Crippen LogP contribution in [-0.4, -0.2) is 39.3 Å². The Morgan fingerprint density at radius 2 is 2.20 bits per heavy atom. The first kappa shape index (κ1) is 17.1. The van der Waals surface area contributed by atoms with E-state index in [1.54, 1.807) is 11.3 Å². The number of thiophene rings is 1. The lowest BCUT2D eigenvalue weighted by Crippen LogP contribution is -2.34. The second kappa shape index (κ2) is 7.11. The molecular weight excluding hydrogens is 354 g/mol. The zero-order valence-electron chi connectivity index (χ0n) is 14.7. The Morgan fingerprint density at radius 3 is 3.00 bits per heavy atom. The van der Waals surface area contributed by atoms with Gasteiger partial charge in [0.2, 0.25) is 5.91 Å². The van der Waals surface area contributed by atoms with Gasteiger partial charge in [0.1, 0.15) is 0 Å². The van der Waals surface area contributed by atoms with Gasteiger partial charge in [-0.2, -0.15) is 0 Å². The molecular formula is C18H23N3O2S2. The van der Waals surface area contributed by atoms with Crippen molar-refractivity contribution >= 4 is 29.0 Å². The molecule has 2 aliphatic rings. The lowest BCUT2D eigenvalue weighted by Gasteiger charge is -2.18. The summed E-state index contributed by atoms with van der Waals surface area (Å²) in [6.07, 6.45) is 5.76. The van der Waals surface area contributed by atoms with E-state index in [-0.39, 0.29) is 11.2 Å². The van der Waals surface area contributed by atoms with E-state index in [1.165, 1.54) is 28.6 Å². The Bertz CT molecular complexity index is 764. The fourth-order valence-electron chi connectivity index (χ4n) is 3.56. The van der Waals surface area contributed by atoms with E-state index in [0.717, 1.165) is 49.6 Å². The quantitative estimate of drug-likeness (QED) is 0.753.